The van der Waals surface area contributed by atoms with Gasteiger partial charge in [-0.05, 0) is 72.3 Å². The third kappa shape index (κ3) is 2.68. The van der Waals surface area contributed by atoms with Crippen LogP contribution in [0.25, 0.3) is 32.8 Å². The second-order valence-electron chi connectivity index (χ2n) is 6.71. The lowest BCUT2D eigenvalue weighted by atomic mass is 9.96. The third-order valence-electron chi connectivity index (χ3n) is 4.80. The van der Waals surface area contributed by atoms with Crippen LogP contribution in [0.5, 0.6) is 0 Å². The van der Waals surface area contributed by atoms with Crippen molar-refractivity contribution in [3.63, 3.8) is 0 Å². The van der Waals surface area contributed by atoms with Gasteiger partial charge < -0.3 is 0 Å². The van der Waals surface area contributed by atoms with Crippen LogP contribution in [-0.4, -0.2) is 4.98 Å². The van der Waals surface area contributed by atoms with E-state index in [2.05, 4.69) is 49.2 Å². The summed E-state index contributed by atoms with van der Waals surface area (Å²) in [6, 6.07) is 16.3. The molecule has 0 spiro atoms. The molecule has 0 radical (unpaired) electrons. The molecule has 0 aliphatic rings. The van der Waals surface area contributed by atoms with Gasteiger partial charge in [0.2, 0.25) is 0 Å². The van der Waals surface area contributed by atoms with Crippen LogP contribution in [0.15, 0.2) is 54.7 Å². The molecule has 3 aromatic carbocycles. The summed E-state index contributed by atoms with van der Waals surface area (Å²) in [5.41, 5.74) is 5.25. The SMILES string of the molecule is CCc1cc2ccc3c(-c4cc(C)cc(C)c4)nccc3c2cc1F. The molecule has 0 saturated carbocycles. The van der Waals surface area contributed by atoms with Crippen molar-refractivity contribution < 1.29 is 4.39 Å². The summed E-state index contributed by atoms with van der Waals surface area (Å²) in [4.78, 5) is 4.63. The molecule has 0 N–H and O–H groups in total. The fourth-order valence-corrected chi connectivity index (χ4v) is 3.67. The van der Waals surface area contributed by atoms with Gasteiger partial charge in [0.05, 0.1) is 5.69 Å². The highest BCUT2D eigenvalue weighted by atomic mass is 19.1. The summed E-state index contributed by atoms with van der Waals surface area (Å²) < 4.78 is 14.4. The Balaban J connectivity index is 2.05. The van der Waals surface area contributed by atoms with Crippen molar-refractivity contribution in [1.82, 2.24) is 4.98 Å². The Hall–Kier alpha value is -2.74. The number of hydrogen-bond acceptors (Lipinski definition) is 1. The van der Waals surface area contributed by atoms with Gasteiger partial charge in [-0.2, -0.15) is 0 Å². The smallest absolute Gasteiger partial charge is 0.127 e. The monoisotopic (exact) mass is 329 g/mol. The van der Waals surface area contributed by atoms with E-state index in [4.69, 9.17) is 0 Å². The highest BCUT2D eigenvalue weighted by Crippen LogP contribution is 2.33. The van der Waals surface area contributed by atoms with Gasteiger partial charge in [-0.3, -0.25) is 4.98 Å². The van der Waals surface area contributed by atoms with Crippen LogP contribution in [0.2, 0.25) is 0 Å². The molecule has 4 aromatic rings. The number of fused-ring (bicyclic) bond motifs is 3. The van der Waals surface area contributed by atoms with E-state index >= 15 is 0 Å². The Kier molecular flexibility index (Phi) is 3.76. The van der Waals surface area contributed by atoms with Gasteiger partial charge in [-0.25, -0.2) is 4.39 Å². The molecule has 1 aromatic heterocycles. The lowest BCUT2D eigenvalue weighted by molar-refractivity contribution is 0.614. The van der Waals surface area contributed by atoms with Crippen LogP contribution < -0.4 is 0 Å². The van der Waals surface area contributed by atoms with Crippen molar-refractivity contribution in [2.45, 2.75) is 27.2 Å². The van der Waals surface area contributed by atoms with Crippen LogP contribution in [0.1, 0.15) is 23.6 Å². The van der Waals surface area contributed by atoms with E-state index in [1.807, 2.05) is 25.3 Å². The third-order valence-corrected chi connectivity index (χ3v) is 4.80. The van der Waals surface area contributed by atoms with E-state index in [1.165, 1.54) is 11.1 Å². The standard InChI is InChI=1S/C23H20FN/c1-4-16-12-17-5-6-20-19(21(17)13-22(16)24)7-8-25-23(20)18-10-14(2)9-15(3)11-18/h5-13H,4H2,1-3H3. The number of benzene rings is 3. The molecule has 4 rings (SSSR count). The molecule has 0 fully saturated rings. The fourth-order valence-electron chi connectivity index (χ4n) is 3.67. The second-order valence-corrected chi connectivity index (χ2v) is 6.71. The molecule has 0 bridgehead atoms. The van der Waals surface area contributed by atoms with Gasteiger partial charge in [0, 0.05) is 17.1 Å². The molecule has 1 heterocycles. The van der Waals surface area contributed by atoms with Crippen LogP contribution in [-0.2, 0) is 6.42 Å². The molecule has 0 unspecified atom stereocenters. The van der Waals surface area contributed by atoms with Crippen molar-refractivity contribution >= 4 is 21.5 Å². The van der Waals surface area contributed by atoms with E-state index in [1.54, 1.807) is 6.07 Å². The largest absolute Gasteiger partial charge is 0.256 e. The molecular weight excluding hydrogens is 309 g/mol. The zero-order valence-electron chi connectivity index (χ0n) is 14.7. The highest BCUT2D eigenvalue weighted by molar-refractivity contribution is 6.11. The fraction of sp³-hybridized carbons (Fsp3) is 0.174. The second kappa shape index (κ2) is 5.96. The van der Waals surface area contributed by atoms with Gasteiger partial charge in [0.25, 0.3) is 0 Å². The Labute approximate surface area is 147 Å². The molecule has 0 aliphatic heterocycles. The van der Waals surface area contributed by atoms with Crippen molar-refractivity contribution in [3.05, 3.63) is 77.2 Å². The van der Waals surface area contributed by atoms with E-state index in [0.717, 1.165) is 38.4 Å². The Morgan fingerprint density at radius 3 is 2.32 bits per heavy atom. The summed E-state index contributed by atoms with van der Waals surface area (Å²) in [7, 11) is 0. The predicted octanol–water partition coefficient (Wildman–Crippen LogP) is 6.37. The average molecular weight is 329 g/mol. The van der Waals surface area contributed by atoms with E-state index in [9.17, 15) is 4.39 Å². The molecule has 0 saturated heterocycles. The Bertz CT molecular complexity index is 1090. The zero-order chi connectivity index (χ0) is 17.6. The first-order chi connectivity index (χ1) is 12.1. The minimum absolute atomic E-state index is 0.132. The Morgan fingerprint density at radius 2 is 1.60 bits per heavy atom. The number of aryl methyl sites for hydroxylation is 3. The molecular formula is C23H20FN. The number of nitrogens with zero attached hydrogens (tertiary/aromatic N) is 1. The average Bonchev–Trinajstić information content (AvgIpc) is 2.59. The minimum atomic E-state index is -0.132. The van der Waals surface area contributed by atoms with E-state index in [-0.39, 0.29) is 5.82 Å². The number of aromatic nitrogens is 1. The van der Waals surface area contributed by atoms with Crippen molar-refractivity contribution in [2.75, 3.05) is 0 Å². The molecule has 0 atom stereocenters. The molecule has 0 aliphatic carbocycles. The topological polar surface area (TPSA) is 12.9 Å². The first-order valence-corrected chi connectivity index (χ1v) is 8.65. The number of pyridine rings is 1. The van der Waals surface area contributed by atoms with Crippen molar-refractivity contribution in [2.24, 2.45) is 0 Å². The van der Waals surface area contributed by atoms with Crippen LogP contribution in [0.4, 0.5) is 4.39 Å². The number of hydrogen-bond donors (Lipinski definition) is 0. The van der Waals surface area contributed by atoms with Gasteiger partial charge in [-0.1, -0.05) is 36.2 Å². The number of halogens is 1. The zero-order valence-corrected chi connectivity index (χ0v) is 14.7. The van der Waals surface area contributed by atoms with E-state index in [0.29, 0.717) is 6.42 Å². The summed E-state index contributed by atoms with van der Waals surface area (Å²) in [6.45, 7) is 6.17. The van der Waals surface area contributed by atoms with Gasteiger partial charge >= 0.3 is 0 Å². The molecule has 1 nitrogen and oxygen atoms in total. The predicted molar refractivity (Wildman–Crippen MR) is 103 cm³/mol. The Morgan fingerprint density at radius 1 is 0.840 bits per heavy atom. The summed E-state index contributed by atoms with van der Waals surface area (Å²) in [6.07, 6.45) is 2.52. The van der Waals surface area contributed by atoms with Gasteiger partial charge in [-0.15, -0.1) is 0 Å². The lowest BCUT2D eigenvalue weighted by Crippen LogP contribution is -1.91. The number of rotatable bonds is 2. The summed E-state index contributed by atoms with van der Waals surface area (Å²) in [5, 5.41) is 4.12. The maximum Gasteiger partial charge on any atom is 0.127 e. The normalized spacial score (nSPS) is 11.4. The highest BCUT2D eigenvalue weighted by Gasteiger charge is 2.11. The van der Waals surface area contributed by atoms with Gasteiger partial charge in [0.15, 0.2) is 0 Å². The van der Waals surface area contributed by atoms with Gasteiger partial charge in [0.1, 0.15) is 5.82 Å². The molecule has 0 amide bonds. The quantitative estimate of drug-likeness (QED) is 0.389. The first kappa shape index (κ1) is 15.8. The minimum Gasteiger partial charge on any atom is -0.256 e. The molecule has 2 heteroatoms. The first-order valence-electron chi connectivity index (χ1n) is 8.65. The summed E-state index contributed by atoms with van der Waals surface area (Å²) >= 11 is 0. The van der Waals surface area contributed by atoms with Crippen molar-refractivity contribution in [1.29, 1.82) is 0 Å². The summed E-state index contributed by atoms with van der Waals surface area (Å²) in [5.74, 6) is -0.132. The molecule has 124 valence electrons. The maximum atomic E-state index is 14.4. The van der Waals surface area contributed by atoms with E-state index < -0.39 is 0 Å². The lowest BCUT2D eigenvalue weighted by Gasteiger charge is -2.11. The molecule has 25 heavy (non-hydrogen) atoms. The van der Waals surface area contributed by atoms with Crippen LogP contribution >= 0.6 is 0 Å². The van der Waals surface area contributed by atoms with Crippen LogP contribution in [0.3, 0.4) is 0 Å². The van der Waals surface area contributed by atoms with Crippen molar-refractivity contribution in [3.8, 4) is 11.3 Å². The maximum absolute atomic E-state index is 14.4. The van der Waals surface area contributed by atoms with Crippen LogP contribution in [0, 0.1) is 19.7 Å².